The Balaban J connectivity index is 1.25. The van der Waals surface area contributed by atoms with Gasteiger partial charge in [-0.1, -0.05) is 12.1 Å². The minimum absolute atomic E-state index is 0.00637. The molecule has 3 N–H and O–H groups in total. The smallest absolute Gasteiger partial charge is 0.417 e. The van der Waals surface area contributed by atoms with Gasteiger partial charge in [0.15, 0.2) is 5.75 Å². The third-order valence-corrected chi connectivity index (χ3v) is 9.18. The summed E-state index contributed by atoms with van der Waals surface area (Å²) in [6.45, 7) is 3.30. The SMILES string of the molecule is Cc1nc2c3c(c(C(F)(F)F)cc2n1C)-c1cccn2c(C(=O)c4cc(F)c(NC(O)/C=C/CN5CC[C@@H](O)C5)c(F)c4)cc(c12)CCO3. The molecule has 49 heavy (non-hydrogen) atoms. The number of halogens is 5. The van der Waals surface area contributed by atoms with E-state index < -0.39 is 47.2 Å². The number of aryl methyl sites for hydroxylation is 2. The second-order valence-electron chi connectivity index (χ2n) is 12.4. The monoisotopic (exact) mass is 681 g/mol. The molecule has 9 nitrogen and oxygen atoms in total. The van der Waals surface area contributed by atoms with Crippen LogP contribution < -0.4 is 10.1 Å². The zero-order chi connectivity index (χ0) is 34.8. The quantitative estimate of drug-likeness (QED) is 0.0888. The van der Waals surface area contributed by atoms with E-state index in [1.165, 1.54) is 34.9 Å². The maximum Gasteiger partial charge on any atom is 0.417 e. The van der Waals surface area contributed by atoms with E-state index in [9.17, 15) is 28.2 Å². The van der Waals surface area contributed by atoms with Crippen molar-refractivity contribution in [1.82, 2.24) is 18.9 Å². The fraction of sp³-hybridized carbons (Fsp3) is 0.314. The van der Waals surface area contributed by atoms with Crippen molar-refractivity contribution in [3.63, 3.8) is 0 Å². The minimum atomic E-state index is -4.76. The first-order chi connectivity index (χ1) is 23.3. The lowest BCUT2D eigenvalue weighted by Gasteiger charge is -2.22. The van der Waals surface area contributed by atoms with Gasteiger partial charge in [-0.3, -0.25) is 9.69 Å². The van der Waals surface area contributed by atoms with Crippen molar-refractivity contribution in [2.75, 3.05) is 31.6 Å². The molecule has 5 aromatic rings. The molecule has 14 heteroatoms. The van der Waals surface area contributed by atoms with E-state index in [-0.39, 0.29) is 52.2 Å². The third kappa shape index (κ3) is 5.83. The van der Waals surface area contributed by atoms with Gasteiger partial charge in [0, 0.05) is 56.0 Å². The highest BCUT2D eigenvalue weighted by Crippen LogP contribution is 2.48. The van der Waals surface area contributed by atoms with E-state index in [1.807, 2.05) is 4.90 Å². The Kier molecular flexibility index (Phi) is 8.20. The lowest BCUT2D eigenvalue weighted by atomic mass is 9.94. The number of aliphatic hydroxyl groups excluding tert-OH is 2. The number of rotatable bonds is 7. The molecule has 7 rings (SSSR count). The molecule has 5 heterocycles. The van der Waals surface area contributed by atoms with Gasteiger partial charge in [0.25, 0.3) is 0 Å². The van der Waals surface area contributed by atoms with Crippen LogP contribution >= 0.6 is 0 Å². The molecule has 1 fully saturated rings. The number of hydrogen-bond acceptors (Lipinski definition) is 7. The lowest BCUT2D eigenvalue weighted by molar-refractivity contribution is -0.137. The van der Waals surface area contributed by atoms with Crippen LogP contribution in [-0.4, -0.2) is 73.4 Å². The summed E-state index contributed by atoms with van der Waals surface area (Å²) in [5.41, 5.74) is -0.535. The van der Waals surface area contributed by atoms with Crippen molar-refractivity contribution in [3.8, 4) is 16.9 Å². The normalized spacial score (nSPS) is 17.4. The van der Waals surface area contributed by atoms with Crippen LogP contribution in [0.1, 0.15) is 39.4 Å². The number of aromatic nitrogens is 3. The average Bonchev–Trinajstić information content (AvgIpc) is 3.71. The van der Waals surface area contributed by atoms with E-state index >= 15 is 8.78 Å². The van der Waals surface area contributed by atoms with Gasteiger partial charge in [-0.2, -0.15) is 13.2 Å². The van der Waals surface area contributed by atoms with E-state index in [0.717, 1.165) is 18.2 Å². The number of fused-ring (bicyclic) bond motifs is 4. The number of alkyl halides is 3. The maximum absolute atomic E-state index is 15.2. The number of β-amino-alcohol motifs (C(OH)–C–C–N with tert-alkyl or cyclic N) is 1. The van der Waals surface area contributed by atoms with Gasteiger partial charge in [-0.15, -0.1) is 0 Å². The van der Waals surface area contributed by atoms with Crippen molar-refractivity contribution < 1.29 is 41.7 Å². The molecule has 0 spiro atoms. The van der Waals surface area contributed by atoms with Crippen molar-refractivity contribution in [2.24, 2.45) is 7.05 Å². The fourth-order valence-corrected chi connectivity index (χ4v) is 6.71. The van der Waals surface area contributed by atoms with Crippen LogP contribution in [0.4, 0.5) is 27.6 Å². The molecule has 0 aliphatic carbocycles. The number of nitrogens with one attached hydrogen (secondary N) is 1. The van der Waals surface area contributed by atoms with E-state index in [4.69, 9.17) is 4.74 Å². The van der Waals surface area contributed by atoms with E-state index in [1.54, 1.807) is 24.6 Å². The standard InChI is InChI=1S/C35H32F5N5O4/c1-18-41-31-26(43(18)2)16-23(35(38,39)40)29-22-5-3-10-45-27(15-19(32(22)45)8-12-49-34(29)31)33(48)20-13-24(36)30(25(37)14-20)42-28(47)6-4-9-44-11-7-21(46)17-44/h3-6,10,13-16,21,28,42,46-47H,7-9,11-12,17H2,1-2H3/b6-4+/t21-,28?/m1/s1. The van der Waals surface area contributed by atoms with Gasteiger partial charge in [-0.05, 0) is 55.3 Å². The summed E-state index contributed by atoms with van der Waals surface area (Å²) in [6.07, 6.45) is -1.27. The first kappa shape index (κ1) is 32.7. The number of hydrogen-bond donors (Lipinski definition) is 3. The molecule has 0 saturated carbocycles. The number of ketones is 1. The summed E-state index contributed by atoms with van der Waals surface area (Å²) >= 11 is 0. The molecule has 1 unspecified atom stereocenters. The number of carbonyl (C=O) groups excluding carboxylic acids is 1. The number of aliphatic hydroxyl groups is 2. The number of carbonyl (C=O) groups is 1. The van der Waals surface area contributed by atoms with Gasteiger partial charge in [-0.25, -0.2) is 13.8 Å². The molecular formula is C35H32F5N5O4. The molecular weight excluding hydrogens is 649 g/mol. The highest BCUT2D eigenvalue weighted by Gasteiger charge is 2.39. The van der Waals surface area contributed by atoms with Crippen LogP contribution in [0.3, 0.4) is 0 Å². The molecule has 2 aliphatic heterocycles. The molecule has 2 aromatic carbocycles. The summed E-state index contributed by atoms with van der Waals surface area (Å²) < 4.78 is 83.5. The van der Waals surface area contributed by atoms with Gasteiger partial charge < -0.3 is 29.2 Å². The fourth-order valence-electron chi connectivity index (χ4n) is 6.71. The lowest BCUT2D eigenvalue weighted by Crippen LogP contribution is -2.23. The molecule has 256 valence electrons. The first-order valence-electron chi connectivity index (χ1n) is 15.7. The Hall–Kier alpha value is -4.79. The molecule has 2 atom stereocenters. The van der Waals surface area contributed by atoms with Crippen molar-refractivity contribution in [1.29, 1.82) is 0 Å². The summed E-state index contributed by atoms with van der Waals surface area (Å²) in [5.74, 6) is -2.51. The topological polar surface area (TPSA) is 104 Å². The Morgan fingerprint density at radius 2 is 1.96 bits per heavy atom. The Labute approximate surface area is 276 Å². The molecule has 0 radical (unpaired) electrons. The van der Waals surface area contributed by atoms with Crippen LogP contribution in [0.15, 0.2) is 54.7 Å². The summed E-state index contributed by atoms with van der Waals surface area (Å²) in [6, 6.07) is 7.25. The van der Waals surface area contributed by atoms with Crippen LogP contribution in [0.2, 0.25) is 0 Å². The van der Waals surface area contributed by atoms with Crippen LogP contribution in [0.25, 0.3) is 27.7 Å². The van der Waals surface area contributed by atoms with Gasteiger partial charge in [0.2, 0.25) is 5.78 Å². The Bertz CT molecular complexity index is 2130. The van der Waals surface area contributed by atoms with Gasteiger partial charge in [0.1, 0.15) is 34.9 Å². The molecule has 2 aliphatic rings. The largest absolute Gasteiger partial charge is 0.490 e. The predicted molar refractivity (Wildman–Crippen MR) is 172 cm³/mol. The zero-order valence-corrected chi connectivity index (χ0v) is 26.5. The second kappa shape index (κ2) is 12.3. The zero-order valence-electron chi connectivity index (χ0n) is 26.5. The Morgan fingerprint density at radius 1 is 1.20 bits per heavy atom. The number of nitrogens with zero attached hydrogens (tertiary/aromatic N) is 4. The molecule has 1 saturated heterocycles. The predicted octanol–water partition coefficient (Wildman–Crippen LogP) is 5.62. The molecule has 0 bridgehead atoms. The van der Waals surface area contributed by atoms with E-state index in [0.29, 0.717) is 43.0 Å². The molecule has 0 amide bonds. The maximum atomic E-state index is 15.2. The van der Waals surface area contributed by atoms with Crippen molar-refractivity contribution >= 4 is 28.0 Å². The van der Waals surface area contributed by atoms with Gasteiger partial charge >= 0.3 is 6.18 Å². The average molecular weight is 682 g/mol. The highest BCUT2D eigenvalue weighted by molar-refractivity contribution is 6.10. The number of benzene rings is 2. The van der Waals surface area contributed by atoms with Crippen LogP contribution in [0, 0.1) is 18.6 Å². The summed E-state index contributed by atoms with van der Waals surface area (Å²) in [7, 11) is 1.63. The highest BCUT2D eigenvalue weighted by atomic mass is 19.4. The van der Waals surface area contributed by atoms with Crippen LogP contribution in [-0.2, 0) is 19.6 Å². The van der Waals surface area contributed by atoms with E-state index in [2.05, 4.69) is 10.3 Å². The van der Waals surface area contributed by atoms with Crippen molar-refractivity contribution in [3.05, 3.63) is 94.6 Å². The second-order valence-corrected chi connectivity index (χ2v) is 12.4. The number of pyridine rings is 1. The number of imidazole rings is 1. The minimum Gasteiger partial charge on any atom is -0.490 e. The summed E-state index contributed by atoms with van der Waals surface area (Å²) in [4.78, 5) is 20.3. The first-order valence-corrected chi connectivity index (χ1v) is 15.7. The molecule has 3 aromatic heterocycles. The number of anilines is 1. The number of likely N-dealkylation sites (tertiary alicyclic amines) is 1. The van der Waals surface area contributed by atoms with Gasteiger partial charge in [0.05, 0.1) is 35.0 Å². The Morgan fingerprint density at radius 3 is 2.65 bits per heavy atom. The summed E-state index contributed by atoms with van der Waals surface area (Å²) in [5, 5.41) is 22.3. The number of ether oxygens (including phenoxy) is 1. The van der Waals surface area contributed by atoms with Crippen LogP contribution in [0.5, 0.6) is 5.75 Å². The third-order valence-electron chi connectivity index (χ3n) is 9.18. The van der Waals surface area contributed by atoms with Crippen molar-refractivity contribution in [2.45, 2.75) is 38.3 Å².